The number of carbonyl (C=O) groups excluding carboxylic acids is 1. The first-order valence-electron chi connectivity index (χ1n) is 6.24. The third kappa shape index (κ3) is 2.87. The molecule has 2 rings (SSSR count). The van der Waals surface area contributed by atoms with E-state index in [1.807, 2.05) is 12.4 Å². The van der Waals surface area contributed by atoms with Crippen molar-refractivity contribution in [2.24, 2.45) is 5.92 Å². The highest BCUT2D eigenvalue weighted by molar-refractivity contribution is 7.10. The summed E-state index contributed by atoms with van der Waals surface area (Å²) in [7, 11) is 1.89. The monoisotopic (exact) mass is 252 g/mol. The van der Waals surface area contributed by atoms with Gasteiger partial charge in [0.25, 0.3) is 5.91 Å². The third-order valence-electron chi connectivity index (χ3n) is 3.31. The first-order valence-corrected chi connectivity index (χ1v) is 7.12. The van der Waals surface area contributed by atoms with Gasteiger partial charge in [-0.05, 0) is 37.8 Å². The van der Waals surface area contributed by atoms with Gasteiger partial charge in [-0.1, -0.05) is 6.92 Å². The minimum absolute atomic E-state index is 0.0901. The molecule has 94 valence electrons. The fourth-order valence-electron chi connectivity index (χ4n) is 2.26. The lowest BCUT2D eigenvalue weighted by molar-refractivity contribution is 0.0953. The van der Waals surface area contributed by atoms with E-state index in [1.54, 1.807) is 11.3 Å². The SMILES string of the molecule is CNCCNC(=O)c1csc2c1CCC(C)C2. The summed E-state index contributed by atoms with van der Waals surface area (Å²) >= 11 is 1.75. The maximum Gasteiger partial charge on any atom is 0.252 e. The highest BCUT2D eigenvalue weighted by atomic mass is 32.1. The smallest absolute Gasteiger partial charge is 0.252 e. The fraction of sp³-hybridized carbons (Fsp3) is 0.615. The summed E-state index contributed by atoms with van der Waals surface area (Å²) in [6, 6.07) is 0. The van der Waals surface area contributed by atoms with Crippen molar-refractivity contribution in [3.63, 3.8) is 0 Å². The molecule has 0 bridgehead atoms. The summed E-state index contributed by atoms with van der Waals surface area (Å²) in [4.78, 5) is 13.4. The second-order valence-electron chi connectivity index (χ2n) is 4.76. The van der Waals surface area contributed by atoms with E-state index < -0.39 is 0 Å². The van der Waals surface area contributed by atoms with Gasteiger partial charge in [0.15, 0.2) is 0 Å². The predicted molar refractivity (Wildman–Crippen MR) is 71.8 cm³/mol. The van der Waals surface area contributed by atoms with Gasteiger partial charge < -0.3 is 10.6 Å². The summed E-state index contributed by atoms with van der Waals surface area (Å²) in [5.41, 5.74) is 2.21. The molecule has 1 aromatic heterocycles. The zero-order valence-corrected chi connectivity index (χ0v) is 11.3. The Balaban J connectivity index is 2.04. The van der Waals surface area contributed by atoms with Crippen molar-refractivity contribution in [3.05, 3.63) is 21.4 Å². The number of amides is 1. The molecule has 1 heterocycles. The molecule has 0 saturated carbocycles. The molecule has 1 unspecified atom stereocenters. The molecule has 17 heavy (non-hydrogen) atoms. The molecule has 0 spiro atoms. The van der Waals surface area contributed by atoms with E-state index in [-0.39, 0.29) is 5.91 Å². The van der Waals surface area contributed by atoms with Crippen LogP contribution in [0.2, 0.25) is 0 Å². The van der Waals surface area contributed by atoms with Crippen LogP contribution in [0.5, 0.6) is 0 Å². The van der Waals surface area contributed by atoms with Gasteiger partial charge in [0.1, 0.15) is 0 Å². The Morgan fingerprint density at radius 2 is 2.35 bits per heavy atom. The minimum Gasteiger partial charge on any atom is -0.351 e. The van der Waals surface area contributed by atoms with E-state index in [2.05, 4.69) is 17.6 Å². The highest BCUT2D eigenvalue weighted by Crippen LogP contribution is 2.32. The zero-order chi connectivity index (χ0) is 12.3. The van der Waals surface area contributed by atoms with Crippen molar-refractivity contribution in [1.82, 2.24) is 10.6 Å². The van der Waals surface area contributed by atoms with Crippen LogP contribution in [0.15, 0.2) is 5.38 Å². The lowest BCUT2D eigenvalue weighted by Gasteiger charge is -2.18. The molecule has 0 radical (unpaired) electrons. The van der Waals surface area contributed by atoms with Crippen molar-refractivity contribution in [2.75, 3.05) is 20.1 Å². The Morgan fingerprint density at radius 3 is 3.12 bits per heavy atom. The maximum absolute atomic E-state index is 12.0. The molecule has 1 aromatic rings. The van der Waals surface area contributed by atoms with Crippen molar-refractivity contribution in [2.45, 2.75) is 26.2 Å². The van der Waals surface area contributed by atoms with E-state index in [9.17, 15) is 4.79 Å². The van der Waals surface area contributed by atoms with Gasteiger partial charge >= 0.3 is 0 Å². The van der Waals surface area contributed by atoms with Crippen LogP contribution < -0.4 is 10.6 Å². The molecular weight excluding hydrogens is 232 g/mol. The second-order valence-corrected chi connectivity index (χ2v) is 5.72. The van der Waals surface area contributed by atoms with Crippen molar-refractivity contribution < 1.29 is 4.79 Å². The maximum atomic E-state index is 12.0. The topological polar surface area (TPSA) is 41.1 Å². The quantitative estimate of drug-likeness (QED) is 0.803. The first kappa shape index (κ1) is 12.6. The third-order valence-corrected chi connectivity index (χ3v) is 4.36. The van der Waals surface area contributed by atoms with Crippen LogP contribution in [0.25, 0.3) is 0 Å². The van der Waals surface area contributed by atoms with Crippen LogP contribution in [-0.2, 0) is 12.8 Å². The highest BCUT2D eigenvalue weighted by Gasteiger charge is 2.22. The largest absolute Gasteiger partial charge is 0.351 e. The number of carbonyl (C=O) groups is 1. The van der Waals surface area contributed by atoms with Gasteiger partial charge in [-0.3, -0.25) is 4.79 Å². The second kappa shape index (κ2) is 5.65. The van der Waals surface area contributed by atoms with E-state index in [4.69, 9.17) is 0 Å². The number of nitrogens with one attached hydrogen (secondary N) is 2. The van der Waals surface area contributed by atoms with Crippen LogP contribution in [0.3, 0.4) is 0 Å². The number of thiophene rings is 1. The van der Waals surface area contributed by atoms with Crippen LogP contribution in [0, 0.1) is 5.92 Å². The van der Waals surface area contributed by atoms with Crippen molar-refractivity contribution in [1.29, 1.82) is 0 Å². The summed E-state index contributed by atoms with van der Waals surface area (Å²) < 4.78 is 0. The number of likely N-dealkylation sites (N-methyl/N-ethyl adjacent to an activating group) is 1. The lowest BCUT2D eigenvalue weighted by atomic mass is 9.88. The van der Waals surface area contributed by atoms with E-state index >= 15 is 0 Å². The molecule has 0 fully saturated rings. The Hall–Kier alpha value is -0.870. The molecule has 0 saturated heterocycles. The van der Waals surface area contributed by atoms with Gasteiger partial charge in [0, 0.05) is 23.3 Å². The fourth-order valence-corrected chi connectivity index (χ4v) is 3.51. The molecule has 3 nitrogen and oxygen atoms in total. The number of hydrogen-bond acceptors (Lipinski definition) is 3. The molecule has 0 aromatic carbocycles. The molecule has 4 heteroatoms. The first-order chi connectivity index (χ1) is 8.22. The van der Waals surface area contributed by atoms with Gasteiger partial charge in [-0.2, -0.15) is 0 Å². The molecule has 1 amide bonds. The van der Waals surface area contributed by atoms with Crippen LogP contribution in [0.4, 0.5) is 0 Å². The Labute approximate surface area is 107 Å². The molecule has 1 aliphatic rings. The van der Waals surface area contributed by atoms with Gasteiger partial charge in [-0.15, -0.1) is 11.3 Å². The van der Waals surface area contributed by atoms with Gasteiger partial charge in [0.05, 0.1) is 5.56 Å². The normalized spacial score (nSPS) is 18.8. The lowest BCUT2D eigenvalue weighted by Crippen LogP contribution is -2.31. The van der Waals surface area contributed by atoms with Crippen LogP contribution in [0.1, 0.15) is 34.1 Å². The van der Waals surface area contributed by atoms with Gasteiger partial charge in [-0.25, -0.2) is 0 Å². The molecule has 2 N–H and O–H groups in total. The van der Waals surface area contributed by atoms with E-state index in [1.165, 1.54) is 16.9 Å². The van der Waals surface area contributed by atoms with Crippen LogP contribution >= 0.6 is 11.3 Å². The van der Waals surface area contributed by atoms with E-state index in [0.717, 1.165) is 30.9 Å². The van der Waals surface area contributed by atoms with Crippen LogP contribution in [-0.4, -0.2) is 26.0 Å². The Bertz CT molecular complexity index is 400. The summed E-state index contributed by atoms with van der Waals surface area (Å²) in [5, 5.41) is 8.00. The van der Waals surface area contributed by atoms with Gasteiger partial charge in [0.2, 0.25) is 0 Å². The summed E-state index contributed by atoms with van der Waals surface area (Å²) in [5.74, 6) is 0.855. The molecule has 1 aliphatic carbocycles. The molecule has 1 atom stereocenters. The number of fused-ring (bicyclic) bond motifs is 1. The summed E-state index contributed by atoms with van der Waals surface area (Å²) in [6.45, 7) is 3.79. The number of hydrogen-bond donors (Lipinski definition) is 2. The minimum atomic E-state index is 0.0901. The van der Waals surface area contributed by atoms with Crippen molar-refractivity contribution >= 4 is 17.2 Å². The zero-order valence-electron chi connectivity index (χ0n) is 10.5. The Morgan fingerprint density at radius 1 is 1.53 bits per heavy atom. The average Bonchev–Trinajstić information content (AvgIpc) is 2.72. The van der Waals surface area contributed by atoms with E-state index in [0.29, 0.717) is 6.54 Å². The average molecular weight is 252 g/mol. The predicted octanol–water partition coefficient (Wildman–Crippen LogP) is 1.82. The standard InChI is InChI=1S/C13H20N2OS/c1-9-3-4-10-11(8-17-12(10)7-9)13(16)15-6-5-14-2/h8-9,14H,3-7H2,1-2H3,(H,15,16). The Kier molecular flexibility index (Phi) is 4.18. The summed E-state index contributed by atoms with van der Waals surface area (Å²) in [6.07, 6.45) is 3.42. The van der Waals surface area contributed by atoms with Crippen molar-refractivity contribution in [3.8, 4) is 0 Å². The molecular formula is C13H20N2OS. The molecule has 0 aliphatic heterocycles. The number of rotatable bonds is 4.